The van der Waals surface area contributed by atoms with Gasteiger partial charge in [0.05, 0.1) is 22.5 Å². The summed E-state index contributed by atoms with van der Waals surface area (Å²) in [5.74, 6) is 2.05. The zero-order valence-electron chi connectivity index (χ0n) is 12.7. The van der Waals surface area contributed by atoms with Crippen LogP contribution in [-0.4, -0.2) is 20.1 Å². The SMILES string of the molecule is CCCCc1noc(CSc2nc3ccccc3nc2C)n1. The average molecular weight is 314 g/mol. The molecular formula is C16H18N4OS. The van der Waals surface area contributed by atoms with Crippen LogP contribution in [0.25, 0.3) is 11.0 Å². The Balaban J connectivity index is 1.70. The Morgan fingerprint density at radius 1 is 1.09 bits per heavy atom. The minimum Gasteiger partial charge on any atom is -0.338 e. The van der Waals surface area contributed by atoms with E-state index in [-0.39, 0.29) is 0 Å². The van der Waals surface area contributed by atoms with Gasteiger partial charge in [-0.3, -0.25) is 0 Å². The summed E-state index contributed by atoms with van der Waals surface area (Å²) < 4.78 is 5.28. The van der Waals surface area contributed by atoms with E-state index in [4.69, 9.17) is 4.52 Å². The van der Waals surface area contributed by atoms with Gasteiger partial charge in [0, 0.05) is 6.42 Å². The fraction of sp³-hybridized carbons (Fsp3) is 0.375. The van der Waals surface area contributed by atoms with E-state index in [0.717, 1.165) is 46.8 Å². The summed E-state index contributed by atoms with van der Waals surface area (Å²) in [7, 11) is 0. The third-order valence-corrected chi connectivity index (χ3v) is 4.35. The van der Waals surface area contributed by atoms with E-state index in [1.807, 2.05) is 31.2 Å². The molecule has 22 heavy (non-hydrogen) atoms. The molecule has 0 bridgehead atoms. The second kappa shape index (κ2) is 6.87. The molecule has 0 atom stereocenters. The first-order valence-electron chi connectivity index (χ1n) is 7.44. The van der Waals surface area contributed by atoms with Crippen LogP contribution in [-0.2, 0) is 12.2 Å². The van der Waals surface area contributed by atoms with Crippen molar-refractivity contribution in [2.75, 3.05) is 0 Å². The summed E-state index contributed by atoms with van der Waals surface area (Å²) in [5, 5.41) is 4.91. The zero-order chi connectivity index (χ0) is 15.4. The minimum atomic E-state index is 0.618. The molecule has 1 aromatic carbocycles. The molecule has 114 valence electrons. The summed E-state index contributed by atoms with van der Waals surface area (Å²) in [4.78, 5) is 13.6. The molecule has 0 aliphatic rings. The van der Waals surface area contributed by atoms with Crippen LogP contribution in [0.4, 0.5) is 0 Å². The van der Waals surface area contributed by atoms with Gasteiger partial charge >= 0.3 is 0 Å². The molecule has 0 aliphatic heterocycles. The molecule has 0 saturated carbocycles. The van der Waals surface area contributed by atoms with E-state index in [0.29, 0.717) is 11.6 Å². The fourth-order valence-electron chi connectivity index (χ4n) is 2.12. The molecule has 6 heteroatoms. The number of para-hydroxylation sites is 2. The van der Waals surface area contributed by atoms with E-state index >= 15 is 0 Å². The summed E-state index contributed by atoms with van der Waals surface area (Å²) >= 11 is 1.58. The van der Waals surface area contributed by atoms with Crippen molar-refractivity contribution in [3.05, 3.63) is 41.7 Å². The first-order chi connectivity index (χ1) is 10.8. The lowest BCUT2D eigenvalue weighted by Gasteiger charge is -2.04. The molecule has 0 fully saturated rings. The van der Waals surface area contributed by atoms with E-state index in [2.05, 4.69) is 27.0 Å². The fourth-order valence-corrected chi connectivity index (χ4v) is 2.92. The number of aromatic nitrogens is 4. The Morgan fingerprint density at radius 2 is 1.86 bits per heavy atom. The van der Waals surface area contributed by atoms with Crippen molar-refractivity contribution in [1.29, 1.82) is 0 Å². The van der Waals surface area contributed by atoms with Gasteiger partial charge in [-0.25, -0.2) is 9.97 Å². The number of rotatable bonds is 6. The highest BCUT2D eigenvalue weighted by Crippen LogP contribution is 2.24. The van der Waals surface area contributed by atoms with Crippen molar-refractivity contribution in [3.63, 3.8) is 0 Å². The molecule has 0 N–H and O–H groups in total. The lowest BCUT2D eigenvalue weighted by atomic mass is 10.2. The van der Waals surface area contributed by atoms with Crippen LogP contribution in [0.1, 0.15) is 37.2 Å². The number of thioether (sulfide) groups is 1. The van der Waals surface area contributed by atoms with E-state index in [1.54, 1.807) is 11.8 Å². The lowest BCUT2D eigenvalue weighted by Crippen LogP contribution is -1.93. The van der Waals surface area contributed by atoms with Gasteiger partial charge in [-0.05, 0) is 25.5 Å². The number of unbranched alkanes of at least 4 members (excludes halogenated alkanes) is 1. The topological polar surface area (TPSA) is 64.7 Å². The summed E-state index contributed by atoms with van der Waals surface area (Å²) in [6.45, 7) is 4.13. The van der Waals surface area contributed by atoms with Crippen LogP contribution in [0.5, 0.6) is 0 Å². The van der Waals surface area contributed by atoms with Gasteiger partial charge in [-0.15, -0.1) is 0 Å². The Kier molecular flexibility index (Phi) is 4.68. The van der Waals surface area contributed by atoms with Crippen LogP contribution in [0.2, 0.25) is 0 Å². The number of hydrogen-bond acceptors (Lipinski definition) is 6. The first kappa shape index (κ1) is 15.0. The quantitative estimate of drug-likeness (QED) is 0.642. The third-order valence-electron chi connectivity index (χ3n) is 3.30. The monoisotopic (exact) mass is 314 g/mol. The molecule has 3 aromatic rings. The summed E-state index contributed by atoms with van der Waals surface area (Å²) in [5.41, 5.74) is 2.75. The number of nitrogens with zero attached hydrogens (tertiary/aromatic N) is 4. The zero-order valence-corrected chi connectivity index (χ0v) is 13.6. The molecular weight excluding hydrogens is 296 g/mol. The van der Waals surface area contributed by atoms with Crippen LogP contribution in [0.3, 0.4) is 0 Å². The highest BCUT2D eigenvalue weighted by atomic mass is 32.2. The molecule has 3 rings (SSSR count). The van der Waals surface area contributed by atoms with Gasteiger partial charge in [0.1, 0.15) is 5.03 Å². The maximum Gasteiger partial charge on any atom is 0.237 e. The molecule has 2 aromatic heterocycles. The Labute approximate surface area is 133 Å². The predicted molar refractivity (Wildman–Crippen MR) is 86.7 cm³/mol. The molecule has 0 spiro atoms. The number of aryl methyl sites for hydroxylation is 2. The largest absolute Gasteiger partial charge is 0.338 e. The van der Waals surface area contributed by atoms with Gasteiger partial charge in [0.25, 0.3) is 0 Å². The summed E-state index contributed by atoms with van der Waals surface area (Å²) in [6, 6.07) is 7.89. The van der Waals surface area contributed by atoms with E-state index in [1.165, 1.54) is 0 Å². The average Bonchev–Trinajstić information content (AvgIpc) is 2.98. The Hall–Kier alpha value is -1.95. The molecule has 0 aliphatic carbocycles. The molecule has 0 unspecified atom stereocenters. The highest BCUT2D eigenvalue weighted by molar-refractivity contribution is 7.98. The molecule has 5 nitrogen and oxygen atoms in total. The van der Waals surface area contributed by atoms with E-state index in [9.17, 15) is 0 Å². The van der Waals surface area contributed by atoms with Crippen molar-refractivity contribution in [1.82, 2.24) is 20.1 Å². The Morgan fingerprint density at radius 3 is 2.64 bits per heavy atom. The standard InChI is InChI=1S/C16H18N4OS/c1-3-4-9-14-19-15(21-20-14)10-22-16-11(2)17-12-7-5-6-8-13(12)18-16/h5-8H,3-4,9-10H2,1-2H3. The van der Waals surface area contributed by atoms with Crippen LogP contribution >= 0.6 is 11.8 Å². The van der Waals surface area contributed by atoms with Gasteiger partial charge in [0.2, 0.25) is 5.89 Å². The van der Waals surface area contributed by atoms with Crippen LogP contribution < -0.4 is 0 Å². The predicted octanol–water partition coefficient (Wildman–Crippen LogP) is 3.96. The minimum absolute atomic E-state index is 0.618. The smallest absolute Gasteiger partial charge is 0.237 e. The van der Waals surface area contributed by atoms with Gasteiger partial charge < -0.3 is 4.52 Å². The summed E-state index contributed by atoms with van der Waals surface area (Å²) in [6.07, 6.45) is 3.09. The second-order valence-electron chi connectivity index (χ2n) is 5.10. The van der Waals surface area contributed by atoms with E-state index < -0.39 is 0 Å². The van der Waals surface area contributed by atoms with Crippen LogP contribution in [0.15, 0.2) is 33.8 Å². The normalized spacial score (nSPS) is 11.2. The third kappa shape index (κ3) is 3.44. The molecule has 0 saturated heterocycles. The maximum absolute atomic E-state index is 5.28. The van der Waals surface area contributed by atoms with Gasteiger partial charge in [0.15, 0.2) is 5.82 Å². The number of benzene rings is 1. The van der Waals surface area contributed by atoms with Gasteiger partial charge in [-0.2, -0.15) is 4.98 Å². The van der Waals surface area contributed by atoms with Crippen LogP contribution in [0, 0.1) is 6.92 Å². The number of fused-ring (bicyclic) bond motifs is 1. The van der Waals surface area contributed by atoms with Crippen molar-refractivity contribution in [3.8, 4) is 0 Å². The van der Waals surface area contributed by atoms with Gasteiger partial charge in [-0.1, -0.05) is 42.4 Å². The van der Waals surface area contributed by atoms with Crippen molar-refractivity contribution < 1.29 is 4.52 Å². The number of hydrogen-bond donors (Lipinski definition) is 0. The van der Waals surface area contributed by atoms with Crippen molar-refractivity contribution in [2.24, 2.45) is 0 Å². The maximum atomic E-state index is 5.28. The highest BCUT2D eigenvalue weighted by Gasteiger charge is 2.10. The first-order valence-corrected chi connectivity index (χ1v) is 8.42. The van der Waals surface area contributed by atoms with Crippen molar-refractivity contribution >= 4 is 22.8 Å². The van der Waals surface area contributed by atoms with Crippen molar-refractivity contribution in [2.45, 2.75) is 43.9 Å². The molecule has 2 heterocycles. The molecule has 0 amide bonds. The second-order valence-corrected chi connectivity index (χ2v) is 6.06. The Bertz CT molecular complexity index is 772. The molecule has 0 radical (unpaired) electrons. The lowest BCUT2D eigenvalue weighted by molar-refractivity contribution is 0.384.